The number of fused-ring (bicyclic) bond motifs is 2. The highest BCUT2D eigenvalue weighted by Crippen LogP contribution is 2.39. The lowest BCUT2D eigenvalue weighted by Crippen LogP contribution is -2.38. The van der Waals surface area contributed by atoms with Gasteiger partial charge in [-0.05, 0) is 43.4 Å². The lowest BCUT2D eigenvalue weighted by atomic mass is 9.93. The zero-order valence-corrected chi connectivity index (χ0v) is 12.6. The first-order valence-corrected chi connectivity index (χ1v) is 8.58. The van der Waals surface area contributed by atoms with E-state index in [1.807, 2.05) is 25.1 Å². The number of hydrogen-bond donors (Lipinski definition) is 0. The van der Waals surface area contributed by atoms with E-state index in [2.05, 4.69) is 4.98 Å². The second-order valence-corrected chi connectivity index (χ2v) is 8.01. The van der Waals surface area contributed by atoms with Crippen molar-refractivity contribution in [3.05, 3.63) is 29.5 Å². The minimum absolute atomic E-state index is 0.206. The number of ether oxygens (including phenoxy) is 1. The Morgan fingerprint density at radius 1 is 1.30 bits per heavy atom. The summed E-state index contributed by atoms with van der Waals surface area (Å²) in [6, 6.07) is 3.82. The van der Waals surface area contributed by atoms with E-state index in [1.165, 1.54) is 0 Å². The summed E-state index contributed by atoms with van der Waals surface area (Å²) in [6.07, 6.45) is 5.12. The van der Waals surface area contributed by atoms with Gasteiger partial charge >= 0.3 is 0 Å². The molecular weight excluding hydrogens is 274 g/mol. The molecule has 0 aliphatic carbocycles. The van der Waals surface area contributed by atoms with Crippen LogP contribution in [-0.4, -0.2) is 31.0 Å². The number of rotatable bonds is 2. The zero-order chi connectivity index (χ0) is 14.3. The van der Waals surface area contributed by atoms with E-state index in [4.69, 9.17) is 4.74 Å². The molecule has 2 unspecified atom stereocenters. The fraction of sp³-hybridized carbons (Fsp3) is 0.533. The SMILES string of the molecule is COc1ccc(C2=CC3CCCC(C2)S3(=O)=O)c(C)n1. The van der Waals surface area contributed by atoms with Gasteiger partial charge in [-0.1, -0.05) is 12.5 Å². The quantitative estimate of drug-likeness (QED) is 0.840. The Labute approximate surface area is 119 Å². The molecule has 1 aromatic rings. The lowest BCUT2D eigenvalue weighted by molar-refractivity contribution is 0.397. The molecule has 108 valence electrons. The Kier molecular flexibility index (Phi) is 3.32. The van der Waals surface area contributed by atoms with Crippen molar-refractivity contribution in [2.75, 3.05) is 7.11 Å². The molecular formula is C15H19NO3S. The molecule has 1 fully saturated rings. The second-order valence-electron chi connectivity index (χ2n) is 5.56. The molecule has 5 heteroatoms. The minimum Gasteiger partial charge on any atom is -0.481 e. The van der Waals surface area contributed by atoms with Crippen molar-refractivity contribution in [1.29, 1.82) is 0 Å². The molecule has 4 nitrogen and oxygen atoms in total. The number of nitrogens with zero attached hydrogens (tertiary/aromatic N) is 1. The molecule has 0 N–H and O–H groups in total. The summed E-state index contributed by atoms with van der Waals surface area (Å²) in [5.74, 6) is 0.593. The first-order valence-electron chi connectivity index (χ1n) is 6.98. The number of allylic oxidation sites excluding steroid dienone is 1. The fourth-order valence-corrected chi connectivity index (χ4v) is 5.50. The van der Waals surface area contributed by atoms with Gasteiger partial charge in [-0.2, -0.15) is 0 Å². The van der Waals surface area contributed by atoms with Crippen molar-refractivity contribution in [2.45, 2.75) is 43.1 Å². The number of aryl methyl sites for hydroxylation is 1. The van der Waals surface area contributed by atoms with E-state index < -0.39 is 9.84 Å². The summed E-state index contributed by atoms with van der Waals surface area (Å²) >= 11 is 0. The largest absolute Gasteiger partial charge is 0.481 e. The highest BCUT2D eigenvalue weighted by molar-refractivity contribution is 7.93. The van der Waals surface area contributed by atoms with Crippen LogP contribution >= 0.6 is 0 Å². The Balaban J connectivity index is 2.02. The van der Waals surface area contributed by atoms with Gasteiger partial charge < -0.3 is 4.74 Å². The topological polar surface area (TPSA) is 56.3 Å². The third kappa shape index (κ3) is 2.14. The number of hydrogen-bond acceptors (Lipinski definition) is 4. The molecule has 2 aliphatic heterocycles. The Hall–Kier alpha value is -1.36. The van der Waals surface area contributed by atoms with Gasteiger partial charge in [0, 0.05) is 11.8 Å². The molecule has 20 heavy (non-hydrogen) atoms. The summed E-state index contributed by atoms with van der Waals surface area (Å²) in [5.41, 5.74) is 3.08. The summed E-state index contributed by atoms with van der Waals surface area (Å²) in [6.45, 7) is 1.94. The van der Waals surface area contributed by atoms with Gasteiger partial charge in [0.1, 0.15) is 0 Å². The molecule has 1 saturated heterocycles. The predicted octanol–water partition coefficient (Wildman–Crippen LogP) is 2.52. The van der Waals surface area contributed by atoms with E-state index in [-0.39, 0.29) is 10.5 Å². The second kappa shape index (κ2) is 4.88. The number of pyridine rings is 1. The Morgan fingerprint density at radius 3 is 2.75 bits per heavy atom. The first kappa shape index (κ1) is 13.6. The standard InChI is InChI=1S/C15H19NO3S/c1-10-14(6-7-15(16-10)19-2)11-8-12-4-3-5-13(9-11)20(12,17)18/h6-8,12-13H,3-5,9H2,1-2H3. The van der Waals surface area contributed by atoms with Crippen LogP contribution in [0.5, 0.6) is 5.88 Å². The summed E-state index contributed by atoms with van der Waals surface area (Å²) in [4.78, 5) is 4.38. The van der Waals surface area contributed by atoms with Crippen LogP contribution in [0.1, 0.15) is 36.9 Å². The van der Waals surface area contributed by atoms with Crippen molar-refractivity contribution in [1.82, 2.24) is 4.98 Å². The maximum Gasteiger partial charge on any atom is 0.213 e. The summed E-state index contributed by atoms with van der Waals surface area (Å²) in [7, 11) is -1.36. The molecule has 0 amide bonds. The predicted molar refractivity (Wildman–Crippen MR) is 78.5 cm³/mol. The zero-order valence-electron chi connectivity index (χ0n) is 11.8. The number of sulfone groups is 1. The lowest BCUT2D eigenvalue weighted by Gasteiger charge is -2.33. The van der Waals surface area contributed by atoms with Crippen LogP contribution in [0.3, 0.4) is 0 Å². The normalized spacial score (nSPS) is 27.8. The number of methoxy groups -OCH3 is 1. The molecule has 2 aliphatic rings. The van der Waals surface area contributed by atoms with Gasteiger partial charge in [-0.25, -0.2) is 13.4 Å². The van der Waals surface area contributed by atoms with Crippen LogP contribution in [0.15, 0.2) is 18.2 Å². The van der Waals surface area contributed by atoms with Gasteiger partial charge in [0.05, 0.1) is 17.6 Å². The third-order valence-corrected chi connectivity index (χ3v) is 6.90. The molecule has 0 saturated carbocycles. The summed E-state index contributed by atoms with van der Waals surface area (Å²) < 4.78 is 29.7. The summed E-state index contributed by atoms with van der Waals surface area (Å²) in [5, 5.41) is -0.505. The molecule has 1 aromatic heterocycles. The highest BCUT2D eigenvalue weighted by Gasteiger charge is 2.40. The van der Waals surface area contributed by atoms with Gasteiger partial charge in [0.2, 0.25) is 5.88 Å². The minimum atomic E-state index is -2.95. The van der Waals surface area contributed by atoms with Crippen LogP contribution in [0.2, 0.25) is 0 Å². The van der Waals surface area contributed by atoms with E-state index in [9.17, 15) is 8.42 Å². The molecule has 2 atom stereocenters. The van der Waals surface area contributed by atoms with Crippen molar-refractivity contribution in [3.8, 4) is 5.88 Å². The van der Waals surface area contributed by atoms with Crippen LogP contribution in [0, 0.1) is 6.92 Å². The maximum absolute atomic E-state index is 12.3. The average molecular weight is 293 g/mol. The van der Waals surface area contributed by atoms with Gasteiger partial charge in [-0.15, -0.1) is 0 Å². The monoisotopic (exact) mass is 293 g/mol. The Bertz CT molecular complexity index is 664. The first-order chi connectivity index (χ1) is 9.52. The Morgan fingerprint density at radius 2 is 2.10 bits per heavy atom. The number of aromatic nitrogens is 1. The van der Waals surface area contributed by atoms with Crippen LogP contribution < -0.4 is 4.74 Å². The van der Waals surface area contributed by atoms with Crippen molar-refractivity contribution < 1.29 is 13.2 Å². The van der Waals surface area contributed by atoms with E-state index in [0.717, 1.165) is 36.1 Å². The van der Waals surface area contributed by atoms with Crippen molar-refractivity contribution in [3.63, 3.8) is 0 Å². The average Bonchev–Trinajstić information content (AvgIpc) is 2.37. The molecule has 2 bridgehead atoms. The fourth-order valence-electron chi connectivity index (χ4n) is 3.25. The molecule has 3 rings (SSSR count). The van der Waals surface area contributed by atoms with Crippen molar-refractivity contribution in [2.24, 2.45) is 0 Å². The van der Waals surface area contributed by atoms with Gasteiger partial charge in [0.25, 0.3) is 0 Å². The van der Waals surface area contributed by atoms with E-state index in [1.54, 1.807) is 7.11 Å². The molecule has 0 aromatic carbocycles. The van der Waals surface area contributed by atoms with Crippen LogP contribution in [-0.2, 0) is 9.84 Å². The van der Waals surface area contributed by atoms with Gasteiger partial charge in [-0.3, -0.25) is 0 Å². The van der Waals surface area contributed by atoms with Crippen LogP contribution in [0.25, 0.3) is 5.57 Å². The molecule has 0 radical (unpaired) electrons. The maximum atomic E-state index is 12.3. The third-order valence-electron chi connectivity index (χ3n) is 4.35. The highest BCUT2D eigenvalue weighted by atomic mass is 32.2. The van der Waals surface area contributed by atoms with Crippen molar-refractivity contribution >= 4 is 15.4 Å². The molecule has 3 heterocycles. The van der Waals surface area contributed by atoms with Crippen LogP contribution in [0.4, 0.5) is 0 Å². The smallest absolute Gasteiger partial charge is 0.213 e. The van der Waals surface area contributed by atoms with Gasteiger partial charge in [0.15, 0.2) is 9.84 Å². The van der Waals surface area contributed by atoms with E-state index in [0.29, 0.717) is 12.3 Å². The van der Waals surface area contributed by atoms with E-state index >= 15 is 0 Å². The molecule has 0 spiro atoms.